The van der Waals surface area contributed by atoms with Crippen molar-refractivity contribution >= 4 is 29.2 Å². The molecule has 1 aromatic carbocycles. The van der Waals surface area contributed by atoms with E-state index in [1.165, 1.54) is 6.92 Å². The molecule has 2 N–H and O–H groups in total. The minimum atomic E-state index is -0.966. The first kappa shape index (κ1) is 35.7. The van der Waals surface area contributed by atoms with Gasteiger partial charge in [0.15, 0.2) is 24.9 Å². The number of nitriles is 1. The highest BCUT2D eigenvalue weighted by Crippen LogP contribution is 2.16. The lowest BCUT2D eigenvalue weighted by atomic mass is 10.2. The van der Waals surface area contributed by atoms with Gasteiger partial charge in [0, 0.05) is 37.2 Å². The smallest absolute Gasteiger partial charge is 0.426 e. The lowest BCUT2D eigenvalue weighted by Crippen LogP contribution is -2.43. The summed E-state index contributed by atoms with van der Waals surface area (Å²) in [6.07, 6.45) is 7.84. The number of hydrogen-bond donors (Lipinski definition) is 2. The van der Waals surface area contributed by atoms with E-state index in [0.717, 1.165) is 31.4 Å². The van der Waals surface area contributed by atoms with E-state index in [1.807, 2.05) is 32.2 Å². The average Bonchev–Trinajstić information content (AvgIpc) is 2.98. The maximum Gasteiger partial charge on any atom is 0.426 e. The van der Waals surface area contributed by atoms with E-state index >= 15 is 0 Å². The molecule has 13 heteroatoms. The fourth-order valence-electron chi connectivity index (χ4n) is 3.63. The third-order valence-electron chi connectivity index (χ3n) is 5.67. The van der Waals surface area contributed by atoms with Crippen LogP contribution in [0.15, 0.2) is 53.8 Å². The first-order valence-corrected chi connectivity index (χ1v) is 14.7. The van der Waals surface area contributed by atoms with Gasteiger partial charge in [0.1, 0.15) is 5.75 Å². The largest absolute Gasteiger partial charge is 0.494 e. The number of esters is 1. The van der Waals surface area contributed by atoms with Crippen LogP contribution in [0.5, 0.6) is 5.75 Å². The fraction of sp³-hybridized carbons (Fsp3) is 0.533. The molecule has 0 fully saturated rings. The number of anilines is 1. The number of hydrogen-bond acceptors (Lipinski definition) is 9. The predicted octanol–water partition coefficient (Wildman–Crippen LogP) is 4.56. The molecule has 0 aliphatic rings. The quantitative estimate of drug-likeness (QED) is 0.0299. The van der Waals surface area contributed by atoms with Gasteiger partial charge in [-0.3, -0.25) is 19.8 Å². The first-order valence-electron chi connectivity index (χ1n) is 14.4. The Morgan fingerprint density at radius 3 is 2.35 bits per heavy atom. The van der Waals surface area contributed by atoms with Crippen LogP contribution in [0.3, 0.4) is 0 Å². The van der Waals surface area contributed by atoms with Crippen molar-refractivity contribution in [2.45, 2.75) is 59.2 Å². The molecule has 2 rings (SSSR count). The fourth-order valence-corrected chi connectivity index (χ4v) is 3.76. The number of rotatable bonds is 21. The number of aliphatic imine (C=N–C) groups is 1. The molecule has 0 aliphatic carbocycles. The molecule has 1 heterocycles. The zero-order chi connectivity index (χ0) is 31.1. The Morgan fingerprint density at radius 1 is 0.977 bits per heavy atom. The number of carbonyl (C=O) groups is 1. The molecule has 0 spiro atoms. The Kier molecular flexibility index (Phi) is 18.4. The van der Waals surface area contributed by atoms with Gasteiger partial charge in [-0.05, 0) is 57.4 Å². The molecule has 2 atom stereocenters. The van der Waals surface area contributed by atoms with Crippen LogP contribution in [0.25, 0.3) is 0 Å². The van der Waals surface area contributed by atoms with Crippen molar-refractivity contribution in [1.29, 1.82) is 5.26 Å². The molecule has 0 bridgehead atoms. The van der Waals surface area contributed by atoms with Crippen LogP contribution in [0, 0.1) is 11.5 Å². The average molecular weight is 621 g/mol. The summed E-state index contributed by atoms with van der Waals surface area (Å²) in [7, 11) is 0. The van der Waals surface area contributed by atoms with Crippen LogP contribution in [0.4, 0.5) is 5.69 Å². The molecule has 0 aliphatic heterocycles. The van der Waals surface area contributed by atoms with E-state index < -0.39 is 12.4 Å². The van der Waals surface area contributed by atoms with Gasteiger partial charge in [-0.1, -0.05) is 18.0 Å². The van der Waals surface area contributed by atoms with E-state index in [9.17, 15) is 4.79 Å². The van der Waals surface area contributed by atoms with Crippen LogP contribution in [0.1, 0.15) is 52.9 Å². The predicted molar refractivity (Wildman–Crippen MR) is 161 cm³/mol. The van der Waals surface area contributed by atoms with Gasteiger partial charge in [0.05, 0.1) is 38.7 Å². The van der Waals surface area contributed by atoms with Crippen LogP contribution in [-0.4, -0.2) is 64.4 Å². The van der Waals surface area contributed by atoms with E-state index in [4.69, 9.17) is 45.3 Å². The third-order valence-corrected chi connectivity index (χ3v) is 5.93. The SMILES string of the molecule is CCOC(C)OCCOCCOC(OC(C)=O)[n+]1ccc(NC(=NCCCCCCOc2ccc(Cl)cc2)NC#N)cc1. The van der Waals surface area contributed by atoms with Crippen molar-refractivity contribution in [2.24, 2.45) is 4.99 Å². The molecule has 1 aromatic heterocycles. The second-order valence-corrected chi connectivity index (χ2v) is 9.57. The zero-order valence-electron chi connectivity index (χ0n) is 25.1. The summed E-state index contributed by atoms with van der Waals surface area (Å²) in [5.41, 5.74) is 0.684. The zero-order valence-corrected chi connectivity index (χ0v) is 25.9. The molecule has 0 amide bonds. The van der Waals surface area contributed by atoms with Crippen molar-refractivity contribution < 1.29 is 37.8 Å². The standard InChI is InChI=1S/C30H42ClN5O7/c1-4-39-25(3)40-21-19-38-20-22-42-30(43-24(2)37)36-16-13-27(14-17-36)35-29(34-23-32)33-15-7-5-6-8-18-41-28-11-9-26(31)10-12-28/h9-14,16-17,25,30H,4-8,15,18-22H2,1-3H3,(H,33,34)/p+1. The normalized spacial score (nSPS) is 12.7. The summed E-state index contributed by atoms with van der Waals surface area (Å²) in [4.78, 5) is 16.1. The molecule has 236 valence electrons. The Hall–Kier alpha value is -3.47. The number of pyridine rings is 1. The molecule has 0 saturated carbocycles. The van der Waals surface area contributed by atoms with Crippen molar-refractivity contribution in [3.63, 3.8) is 0 Å². The summed E-state index contributed by atoms with van der Waals surface area (Å²) < 4.78 is 34.6. The van der Waals surface area contributed by atoms with Crippen LogP contribution in [0.2, 0.25) is 5.02 Å². The summed E-state index contributed by atoms with van der Waals surface area (Å²) in [5.74, 6) is 0.667. The van der Waals surface area contributed by atoms with Gasteiger partial charge in [-0.15, -0.1) is 4.57 Å². The van der Waals surface area contributed by atoms with Crippen LogP contribution in [-0.2, 0) is 28.5 Å². The van der Waals surface area contributed by atoms with E-state index in [0.29, 0.717) is 56.2 Å². The Labute approximate surface area is 258 Å². The maximum absolute atomic E-state index is 11.6. The summed E-state index contributed by atoms with van der Waals surface area (Å²) in [5, 5.41) is 15.5. The topological polar surface area (TPSA) is 137 Å². The number of guanidine groups is 1. The highest BCUT2D eigenvalue weighted by atomic mass is 35.5. The van der Waals surface area contributed by atoms with Crippen molar-refractivity contribution in [3.05, 3.63) is 53.8 Å². The van der Waals surface area contributed by atoms with E-state index in [2.05, 4.69) is 15.6 Å². The van der Waals surface area contributed by atoms with Gasteiger partial charge in [-0.2, -0.15) is 5.26 Å². The molecule has 12 nitrogen and oxygen atoms in total. The van der Waals surface area contributed by atoms with Gasteiger partial charge in [0.2, 0.25) is 5.96 Å². The number of nitrogens with one attached hydrogen (secondary N) is 2. The number of nitrogens with zero attached hydrogens (tertiary/aromatic N) is 3. The number of aromatic nitrogens is 1. The minimum Gasteiger partial charge on any atom is -0.494 e. The summed E-state index contributed by atoms with van der Waals surface area (Å²) in [6.45, 7) is 8.09. The molecule has 2 unspecified atom stereocenters. The Bertz CT molecular complexity index is 1110. The summed E-state index contributed by atoms with van der Waals surface area (Å²) >= 11 is 5.88. The van der Waals surface area contributed by atoms with Crippen molar-refractivity contribution in [2.75, 3.05) is 51.5 Å². The Morgan fingerprint density at radius 2 is 1.67 bits per heavy atom. The van der Waals surface area contributed by atoms with Gasteiger partial charge >= 0.3 is 12.4 Å². The van der Waals surface area contributed by atoms with Gasteiger partial charge in [-0.25, -0.2) is 0 Å². The minimum absolute atomic E-state index is 0.199. The van der Waals surface area contributed by atoms with E-state index in [-0.39, 0.29) is 12.9 Å². The maximum atomic E-state index is 11.6. The lowest BCUT2D eigenvalue weighted by Gasteiger charge is -2.14. The number of benzene rings is 1. The lowest BCUT2D eigenvalue weighted by molar-refractivity contribution is -0.799. The van der Waals surface area contributed by atoms with Crippen LogP contribution >= 0.6 is 11.6 Å². The Balaban J connectivity index is 1.72. The number of unbranched alkanes of at least 4 members (excludes halogenated alkanes) is 3. The molecule has 0 radical (unpaired) electrons. The first-order chi connectivity index (χ1) is 20.9. The molecule has 0 saturated heterocycles. The van der Waals surface area contributed by atoms with Gasteiger partial charge < -0.3 is 29.0 Å². The summed E-state index contributed by atoms with van der Waals surface area (Å²) in [6, 6.07) is 10.8. The molecule has 2 aromatic rings. The second-order valence-electron chi connectivity index (χ2n) is 9.14. The molecular formula is C30H43ClN5O7+. The van der Waals surface area contributed by atoms with Crippen molar-refractivity contribution in [3.8, 4) is 11.9 Å². The second kappa shape index (κ2) is 22.1. The third kappa shape index (κ3) is 16.7. The highest BCUT2D eigenvalue weighted by molar-refractivity contribution is 6.30. The molecular weight excluding hydrogens is 578 g/mol. The van der Waals surface area contributed by atoms with Gasteiger partial charge in [0.25, 0.3) is 0 Å². The number of ether oxygens (including phenoxy) is 6. The number of carbonyl (C=O) groups excluding carboxylic acids is 1. The van der Waals surface area contributed by atoms with Crippen LogP contribution < -0.4 is 19.9 Å². The highest BCUT2D eigenvalue weighted by Gasteiger charge is 2.22. The monoisotopic (exact) mass is 620 g/mol. The van der Waals surface area contributed by atoms with E-state index in [1.54, 1.807) is 41.2 Å². The molecule has 43 heavy (non-hydrogen) atoms. The van der Waals surface area contributed by atoms with Crippen molar-refractivity contribution in [1.82, 2.24) is 5.32 Å². The number of halogens is 1.